The number of ether oxygens (including phenoxy) is 1. The summed E-state index contributed by atoms with van der Waals surface area (Å²) < 4.78 is 6.65. The number of amides is 2. The lowest BCUT2D eigenvalue weighted by molar-refractivity contribution is -0.116. The molecule has 3 aromatic heterocycles. The number of benzene rings is 1. The highest BCUT2D eigenvalue weighted by molar-refractivity contribution is 7.20. The normalized spacial score (nSPS) is 14.7. The average Bonchev–Trinajstić information content (AvgIpc) is 3.43. The number of anilines is 1. The van der Waals surface area contributed by atoms with Gasteiger partial charge in [-0.1, -0.05) is 37.3 Å². The number of fused-ring (bicyclic) bond motifs is 2. The van der Waals surface area contributed by atoms with Gasteiger partial charge in [0.05, 0.1) is 23.9 Å². The fourth-order valence-electron chi connectivity index (χ4n) is 4.86. The summed E-state index contributed by atoms with van der Waals surface area (Å²) in [6, 6.07) is 9.70. The van der Waals surface area contributed by atoms with Gasteiger partial charge in [-0.05, 0) is 48.8 Å². The Labute approximate surface area is 232 Å². The summed E-state index contributed by atoms with van der Waals surface area (Å²) in [5, 5.41) is 3.48. The number of primary amides is 1. The van der Waals surface area contributed by atoms with E-state index in [1.54, 1.807) is 6.92 Å². The molecule has 11 heteroatoms. The molecule has 202 valence electrons. The second-order valence-corrected chi connectivity index (χ2v) is 11.9. The summed E-state index contributed by atoms with van der Waals surface area (Å²) in [6.07, 6.45) is 4.42. The Bertz CT molecular complexity index is 1640. The molecule has 1 aliphatic rings. The Morgan fingerprint density at radius 1 is 1.21 bits per heavy atom. The second-order valence-electron chi connectivity index (χ2n) is 9.75. The van der Waals surface area contributed by atoms with E-state index in [-0.39, 0.29) is 18.5 Å². The summed E-state index contributed by atoms with van der Waals surface area (Å²) in [5.41, 5.74) is 8.03. The molecule has 39 heavy (non-hydrogen) atoms. The van der Waals surface area contributed by atoms with Crippen molar-refractivity contribution in [2.45, 2.75) is 46.1 Å². The van der Waals surface area contributed by atoms with E-state index in [0.29, 0.717) is 38.2 Å². The maximum Gasteiger partial charge on any atom is 0.348 e. The number of thiophene rings is 2. The van der Waals surface area contributed by atoms with Crippen LogP contribution in [0.2, 0.25) is 0 Å². The van der Waals surface area contributed by atoms with E-state index in [2.05, 4.69) is 17.2 Å². The summed E-state index contributed by atoms with van der Waals surface area (Å²) in [6.45, 7) is 3.75. The van der Waals surface area contributed by atoms with Crippen LogP contribution in [0.5, 0.6) is 0 Å². The molecule has 1 aromatic carbocycles. The van der Waals surface area contributed by atoms with Crippen LogP contribution >= 0.6 is 22.7 Å². The number of esters is 1. The van der Waals surface area contributed by atoms with E-state index in [0.717, 1.165) is 46.6 Å². The zero-order valence-electron chi connectivity index (χ0n) is 21.6. The van der Waals surface area contributed by atoms with Crippen molar-refractivity contribution in [3.05, 3.63) is 79.0 Å². The van der Waals surface area contributed by atoms with Crippen LogP contribution in [0.25, 0.3) is 10.2 Å². The van der Waals surface area contributed by atoms with Gasteiger partial charge in [-0.15, -0.1) is 22.7 Å². The van der Waals surface area contributed by atoms with Crippen LogP contribution in [0, 0.1) is 12.8 Å². The van der Waals surface area contributed by atoms with E-state index >= 15 is 0 Å². The Hall–Kier alpha value is -3.83. The van der Waals surface area contributed by atoms with Gasteiger partial charge in [-0.3, -0.25) is 19.0 Å². The highest BCUT2D eigenvalue weighted by Crippen LogP contribution is 2.39. The van der Waals surface area contributed by atoms with E-state index < -0.39 is 23.3 Å². The summed E-state index contributed by atoms with van der Waals surface area (Å²) in [7, 11) is 0. The fraction of sp³-hybridized carbons (Fsp3) is 0.321. The topological polar surface area (TPSA) is 133 Å². The number of nitrogens with two attached hydrogens (primary N) is 1. The van der Waals surface area contributed by atoms with Crippen LogP contribution < -0.4 is 16.6 Å². The molecule has 3 heterocycles. The summed E-state index contributed by atoms with van der Waals surface area (Å²) >= 11 is 2.46. The number of aromatic nitrogens is 2. The van der Waals surface area contributed by atoms with Gasteiger partial charge in [-0.25, -0.2) is 9.78 Å². The average molecular weight is 565 g/mol. The zero-order valence-corrected chi connectivity index (χ0v) is 23.2. The van der Waals surface area contributed by atoms with E-state index in [1.807, 2.05) is 30.3 Å². The Morgan fingerprint density at radius 3 is 2.72 bits per heavy atom. The molecule has 5 rings (SSSR count). The van der Waals surface area contributed by atoms with Gasteiger partial charge in [0, 0.05) is 11.3 Å². The van der Waals surface area contributed by atoms with Crippen LogP contribution in [0.15, 0.2) is 41.5 Å². The lowest BCUT2D eigenvalue weighted by Gasteiger charge is -2.18. The molecule has 0 saturated carbocycles. The maximum atomic E-state index is 13.3. The third-order valence-electron chi connectivity index (χ3n) is 6.89. The molecule has 4 aromatic rings. The first kappa shape index (κ1) is 26.8. The first-order chi connectivity index (χ1) is 18.7. The number of rotatable bonds is 8. The molecule has 1 aliphatic carbocycles. The number of carbonyl (C=O) groups is 3. The number of hydrogen-bond donors (Lipinski definition) is 2. The van der Waals surface area contributed by atoms with Crippen molar-refractivity contribution in [3.8, 4) is 0 Å². The van der Waals surface area contributed by atoms with E-state index in [9.17, 15) is 19.2 Å². The van der Waals surface area contributed by atoms with Gasteiger partial charge < -0.3 is 15.8 Å². The number of carbonyl (C=O) groups excluding carboxylic acids is 3. The molecule has 0 fully saturated rings. The van der Waals surface area contributed by atoms with Gasteiger partial charge in [0.1, 0.15) is 21.3 Å². The van der Waals surface area contributed by atoms with Crippen molar-refractivity contribution in [1.29, 1.82) is 0 Å². The van der Waals surface area contributed by atoms with Gasteiger partial charge in [-0.2, -0.15) is 0 Å². The molecule has 2 amide bonds. The van der Waals surface area contributed by atoms with Crippen LogP contribution in [-0.2, 0) is 35.3 Å². The first-order valence-electron chi connectivity index (χ1n) is 12.7. The minimum Gasteiger partial charge on any atom is -0.461 e. The Morgan fingerprint density at radius 2 is 1.97 bits per heavy atom. The summed E-state index contributed by atoms with van der Waals surface area (Å²) in [4.78, 5) is 57.2. The van der Waals surface area contributed by atoms with Gasteiger partial charge >= 0.3 is 5.97 Å². The zero-order chi connectivity index (χ0) is 27.7. The number of nitrogens with zero attached hydrogens (tertiary/aromatic N) is 2. The van der Waals surface area contributed by atoms with E-state index in [4.69, 9.17) is 10.5 Å². The molecule has 0 bridgehead atoms. The fourth-order valence-corrected chi connectivity index (χ4v) is 7.32. The lowest BCUT2D eigenvalue weighted by atomic mass is 9.88. The summed E-state index contributed by atoms with van der Waals surface area (Å²) in [5.74, 6) is -1.06. The molecular formula is C28H28N4O5S2. The van der Waals surface area contributed by atoms with Crippen LogP contribution in [0.1, 0.15) is 54.9 Å². The molecule has 9 nitrogen and oxygen atoms in total. The number of hydrogen-bond acceptors (Lipinski definition) is 8. The van der Waals surface area contributed by atoms with Crippen LogP contribution in [0.4, 0.5) is 5.00 Å². The predicted octanol–water partition coefficient (Wildman–Crippen LogP) is 4.09. The third-order valence-corrected chi connectivity index (χ3v) is 9.24. The van der Waals surface area contributed by atoms with Crippen LogP contribution in [0.3, 0.4) is 0 Å². The van der Waals surface area contributed by atoms with E-state index in [1.165, 1.54) is 22.2 Å². The second kappa shape index (κ2) is 11.1. The quantitative estimate of drug-likeness (QED) is 0.310. The first-order valence-corrected chi connectivity index (χ1v) is 14.3. The molecule has 3 N–H and O–H groups in total. The minimum absolute atomic E-state index is 0.215. The van der Waals surface area contributed by atoms with Gasteiger partial charge in [0.25, 0.3) is 11.5 Å². The third kappa shape index (κ3) is 5.50. The molecule has 0 radical (unpaired) electrons. The largest absolute Gasteiger partial charge is 0.461 e. The van der Waals surface area contributed by atoms with Crippen molar-refractivity contribution < 1.29 is 19.1 Å². The van der Waals surface area contributed by atoms with Crippen molar-refractivity contribution in [1.82, 2.24) is 9.55 Å². The SMILES string of the molecule is Cc1c(C(=O)OCCc2ccccc2)sc2ncn(CC(=O)Nc3sc4c(c3C(N)=O)CCC(C)C4)c(=O)c12. The number of nitrogens with one attached hydrogen (secondary N) is 1. The number of aryl methyl sites for hydroxylation is 1. The van der Waals surface area contributed by atoms with Crippen molar-refractivity contribution in [2.75, 3.05) is 11.9 Å². The Kier molecular flexibility index (Phi) is 7.62. The molecular weight excluding hydrogens is 536 g/mol. The molecule has 0 spiro atoms. The highest BCUT2D eigenvalue weighted by atomic mass is 32.1. The monoisotopic (exact) mass is 564 g/mol. The smallest absolute Gasteiger partial charge is 0.348 e. The standard InChI is InChI=1S/C28H28N4O5S2/c1-15-8-9-18-19(12-15)38-26(22(18)24(29)34)31-20(33)13-32-14-30-25-21(27(32)35)16(2)23(39-25)28(36)37-11-10-17-6-4-3-5-7-17/h3-7,14-15H,8-13H2,1-2H3,(H2,29,34)(H,31,33). The predicted molar refractivity (Wildman–Crippen MR) is 152 cm³/mol. The molecule has 0 aliphatic heterocycles. The lowest BCUT2D eigenvalue weighted by Crippen LogP contribution is -2.28. The highest BCUT2D eigenvalue weighted by Gasteiger charge is 2.27. The molecule has 1 unspecified atom stereocenters. The van der Waals surface area contributed by atoms with Crippen molar-refractivity contribution >= 4 is 55.7 Å². The van der Waals surface area contributed by atoms with Gasteiger partial charge in [0.2, 0.25) is 5.91 Å². The minimum atomic E-state index is -0.574. The molecule has 0 saturated heterocycles. The van der Waals surface area contributed by atoms with Crippen molar-refractivity contribution in [3.63, 3.8) is 0 Å². The Balaban J connectivity index is 1.32. The maximum absolute atomic E-state index is 13.3. The van der Waals surface area contributed by atoms with Gasteiger partial charge in [0.15, 0.2) is 0 Å². The van der Waals surface area contributed by atoms with Crippen molar-refractivity contribution in [2.24, 2.45) is 11.7 Å². The molecule has 1 atom stereocenters. The van der Waals surface area contributed by atoms with Crippen LogP contribution in [-0.4, -0.2) is 33.9 Å².